The Morgan fingerprint density at radius 3 is 2.52 bits per heavy atom. The molecule has 8 heteroatoms. The molecule has 1 aliphatic heterocycles. The first-order chi connectivity index (χ1) is 10.4. The number of amides is 2. The van der Waals surface area contributed by atoms with Crippen LogP contribution in [0.15, 0.2) is 16.7 Å². The molecule has 1 aliphatic rings. The fourth-order valence-corrected chi connectivity index (χ4v) is 2.97. The SMILES string of the molecule is CC(C)n1cc(Br)cc1C(=O)N(C)CC(=O)N1CCNCC1.Cl. The maximum absolute atomic E-state index is 12.6. The molecule has 2 amide bonds. The molecule has 0 spiro atoms. The first kappa shape index (κ1) is 20.0. The summed E-state index contributed by atoms with van der Waals surface area (Å²) in [5.74, 6) is -0.137. The van der Waals surface area contributed by atoms with Crippen LogP contribution < -0.4 is 5.32 Å². The molecule has 130 valence electrons. The van der Waals surface area contributed by atoms with Gasteiger partial charge in [0.05, 0.1) is 6.54 Å². The molecule has 0 aliphatic carbocycles. The van der Waals surface area contributed by atoms with Gasteiger partial charge in [-0.2, -0.15) is 0 Å². The molecule has 0 unspecified atom stereocenters. The topological polar surface area (TPSA) is 57.6 Å². The standard InChI is InChI=1S/C15H23BrN4O2.ClH/c1-11(2)20-9-12(16)8-13(20)15(22)18(3)10-14(21)19-6-4-17-5-7-19;/h8-9,11,17H,4-7,10H2,1-3H3;1H. The highest BCUT2D eigenvalue weighted by molar-refractivity contribution is 9.10. The molecule has 1 saturated heterocycles. The molecule has 0 saturated carbocycles. The Labute approximate surface area is 151 Å². The van der Waals surface area contributed by atoms with E-state index in [2.05, 4.69) is 21.2 Å². The number of carbonyl (C=O) groups is 2. The number of piperazine rings is 1. The lowest BCUT2D eigenvalue weighted by Gasteiger charge is -2.29. The summed E-state index contributed by atoms with van der Waals surface area (Å²) in [4.78, 5) is 28.2. The molecule has 1 fully saturated rings. The molecule has 1 aromatic heterocycles. The zero-order valence-electron chi connectivity index (χ0n) is 13.7. The summed E-state index contributed by atoms with van der Waals surface area (Å²) in [6.45, 7) is 7.19. The van der Waals surface area contributed by atoms with Crippen LogP contribution in [-0.4, -0.2) is 66.0 Å². The van der Waals surface area contributed by atoms with E-state index in [-0.39, 0.29) is 36.8 Å². The molecule has 1 aromatic rings. The number of aromatic nitrogens is 1. The van der Waals surface area contributed by atoms with E-state index in [1.807, 2.05) is 24.6 Å². The first-order valence-electron chi connectivity index (χ1n) is 7.51. The van der Waals surface area contributed by atoms with Crippen LogP contribution in [0.4, 0.5) is 0 Å². The van der Waals surface area contributed by atoms with Crippen molar-refractivity contribution in [3.8, 4) is 0 Å². The van der Waals surface area contributed by atoms with Gasteiger partial charge in [-0.25, -0.2) is 0 Å². The van der Waals surface area contributed by atoms with E-state index in [4.69, 9.17) is 0 Å². The third-order valence-corrected chi connectivity index (χ3v) is 4.21. The lowest BCUT2D eigenvalue weighted by atomic mass is 10.3. The van der Waals surface area contributed by atoms with Crippen molar-refractivity contribution in [2.75, 3.05) is 39.8 Å². The van der Waals surface area contributed by atoms with Gasteiger partial charge in [0.2, 0.25) is 5.91 Å². The van der Waals surface area contributed by atoms with Crippen LogP contribution >= 0.6 is 28.3 Å². The minimum Gasteiger partial charge on any atom is -0.340 e. The van der Waals surface area contributed by atoms with Gasteiger partial charge in [0, 0.05) is 49.9 Å². The fourth-order valence-electron chi connectivity index (χ4n) is 2.53. The average molecular weight is 408 g/mol. The average Bonchev–Trinajstić information content (AvgIpc) is 2.89. The number of hydrogen-bond donors (Lipinski definition) is 1. The number of hydrogen-bond acceptors (Lipinski definition) is 3. The minimum atomic E-state index is -0.136. The molecular weight excluding hydrogens is 384 g/mol. The molecular formula is C15H24BrClN4O2. The lowest BCUT2D eigenvalue weighted by Crippen LogP contribution is -2.49. The molecule has 0 atom stereocenters. The van der Waals surface area contributed by atoms with Gasteiger partial charge in [0.25, 0.3) is 5.91 Å². The van der Waals surface area contributed by atoms with Gasteiger partial charge < -0.3 is 19.7 Å². The molecule has 0 bridgehead atoms. The molecule has 0 aromatic carbocycles. The smallest absolute Gasteiger partial charge is 0.270 e. The van der Waals surface area contributed by atoms with Crippen LogP contribution in [0.2, 0.25) is 0 Å². The van der Waals surface area contributed by atoms with E-state index >= 15 is 0 Å². The van der Waals surface area contributed by atoms with Crippen molar-refractivity contribution in [3.05, 3.63) is 22.4 Å². The first-order valence-corrected chi connectivity index (χ1v) is 8.30. The summed E-state index contributed by atoms with van der Waals surface area (Å²) in [6, 6.07) is 1.98. The van der Waals surface area contributed by atoms with Gasteiger partial charge in [0.15, 0.2) is 0 Å². The number of likely N-dealkylation sites (N-methyl/N-ethyl adjacent to an activating group) is 1. The van der Waals surface area contributed by atoms with Gasteiger partial charge in [-0.3, -0.25) is 9.59 Å². The second-order valence-electron chi connectivity index (χ2n) is 5.84. The van der Waals surface area contributed by atoms with Crippen LogP contribution in [0.25, 0.3) is 0 Å². The third kappa shape index (κ3) is 4.96. The number of nitrogens with zero attached hydrogens (tertiary/aromatic N) is 3. The molecule has 2 heterocycles. The van der Waals surface area contributed by atoms with Gasteiger partial charge in [-0.15, -0.1) is 12.4 Å². The predicted octanol–water partition coefficient (Wildman–Crippen LogP) is 1.76. The maximum Gasteiger partial charge on any atom is 0.270 e. The van der Waals surface area contributed by atoms with E-state index in [1.165, 1.54) is 4.90 Å². The molecule has 0 radical (unpaired) electrons. The van der Waals surface area contributed by atoms with Gasteiger partial charge in [0.1, 0.15) is 5.69 Å². The monoisotopic (exact) mass is 406 g/mol. The van der Waals surface area contributed by atoms with Gasteiger partial charge >= 0.3 is 0 Å². The summed E-state index contributed by atoms with van der Waals surface area (Å²) in [5.41, 5.74) is 0.595. The van der Waals surface area contributed by atoms with Crippen LogP contribution in [0.3, 0.4) is 0 Å². The summed E-state index contributed by atoms with van der Waals surface area (Å²) >= 11 is 3.41. The Hall–Kier alpha value is -1.05. The number of nitrogens with one attached hydrogen (secondary N) is 1. The van der Waals surface area contributed by atoms with Crippen molar-refractivity contribution in [2.45, 2.75) is 19.9 Å². The highest BCUT2D eigenvalue weighted by atomic mass is 79.9. The summed E-state index contributed by atoms with van der Waals surface area (Å²) in [7, 11) is 1.67. The summed E-state index contributed by atoms with van der Waals surface area (Å²) in [6.07, 6.45) is 1.89. The Morgan fingerprint density at radius 2 is 1.96 bits per heavy atom. The molecule has 6 nitrogen and oxygen atoms in total. The predicted molar refractivity (Wildman–Crippen MR) is 96.2 cm³/mol. The van der Waals surface area contributed by atoms with Crippen LogP contribution in [0.1, 0.15) is 30.4 Å². The highest BCUT2D eigenvalue weighted by Gasteiger charge is 2.23. The molecule has 2 rings (SSSR count). The van der Waals surface area contributed by atoms with E-state index < -0.39 is 0 Å². The van der Waals surface area contributed by atoms with E-state index in [1.54, 1.807) is 18.0 Å². The number of halogens is 2. The lowest BCUT2D eigenvalue weighted by molar-refractivity contribution is -0.132. The second kappa shape index (κ2) is 8.70. The van der Waals surface area contributed by atoms with E-state index in [9.17, 15) is 9.59 Å². The maximum atomic E-state index is 12.6. The van der Waals surface area contributed by atoms with E-state index in [0.717, 1.165) is 17.6 Å². The Balaban J connectivity index is 0.00000264. The quantitative estimate of drug-likeness (QED) is 0.827. The van der Waals surface area contributed by atoms with Crippen LogP contribution in [0, 0.1) is 0 Å². The second-order valence-corrected chi connectivity index (χ2v) is 6.75. The van der Waals surface area contributed by atoms with Crippen LogP contribution in [0.5, 0.6) is 0 Å². The Kier molecular flexibility index (Phi) is 7.57. The van der Waals surface area contributed by atoms with Crippen molar-refractivity contribution in [2.24, 2.45) is 0 Å². The minimum absolute atomic E-state index is 0. The van der Waals surface area contributed by atoms with E-state index in [0.29, 0.717) is 18.8 Å². The summed E-state index contributed by atoms with van der Waals surface area (Å²) in [5, 5.41) is 3.21. The molecule has 1 N–H and O–H groups in total. The highest BCUT2D eigenvalue weighted by Crippen LogP contribution is 2.20. The third-order valence-electron chi connectivity index (χ3n) is 3.78. The van der Waals surface area contributed by atoms with Crippen molar-refractivity contribution >= 4 is 40.2 Å². The number of carbonyl (C=O) groups excluding carboxylic acids is 2. The number of rotatable bonds is 4. The molecule has 23 heavy (non-hydrogen) atoms. The largest absolute Gasteiger partial charge is 0.340 e. The summed E-state index contributed by atoms with van der Waals surface area (Å²) < 4.78 is 2.78. The van der Waals surface area contributed by atoms with Crippen molar-refractivity contribution in [1.82, 2.24) is 19.7 Å². The van der Waals surface area contributed by atoms with Crippen molar-refractivity contribution < 1.29 is 9.59 Å². The zero-order valence-corrected chi connectivity index (χ0v) is 16.1. The van der Waals surface area contributed by atoms with Crippen molar-refractivity contribution in [1.29, 1.82) is 0 Å². The normalized spacial score (nSPS) is 14.6. The zero-order chi connectivity index (χ0) is 16.3. The Morgan fingerprint density at radius 1 is 1.35 bits per heavy atom. The Bertz CT molecular complexity index is 556. The van der Waals surface area contributed by atoms with Gasteiger partial charge in [-0.05, 0) is 35.8 Å². The van der Waals surface area contributed by atoms with Gasteiger partial charge in [-0.1, -0.05) is 0 Å². The van der Waals surface area contributed by atoms with Crippen molar-refractivity contribution in [3.63, 3.8) is 0 Å². The fraction of sp³-hybridized carbons (Fsp3) is 0.600. The van der Waals surface area contributed by atoms with Crippen LogP contribution in [-0.2, 0) is 4.79 Å².